The second-order valence-corrected chi connectivity index (χ2v) is 10.4. The van der Waals surface area contributed by atoms with Gasteiger partial charge in [0.2, 0.25) is 5.91 Å². The summed E-state index contributed by atoms with van der Waals surface area (Å²) >= 11 is 0. The minimum atomic E-state index is -4.56. The average molecular weight is 555 g/mol. The van der Waals surface area contributed by atoms with Crippen molar-refractivity contribution >= 4 is 17.5 Å². The van der Waals surface area contributed by atoms with Gasteiger partial charge in [0.15, 0.2) is 0 Å². The summed E-state index contributed by atoms with van der Waals surface area (Å²) in [6, 6.07) is 9.32. The summed E-state index contributed by atoms with van der Waals surface area (Å²) in [6.45, 7) is 3.50. The fourth-order valence-electron chi connectivity index (χ4n) is 4.90. The molecule has 0 saturated carbocycles. The number of nitrogens with one attached hydrogen (secondary N) is 1. The Hall–Kier alpha value is -3.83. The summed E-state index contributed by atoms with van der Waals surface area (Å²) in [5.41, 5.74) is 7.31. The zero-order valence-corrected chi connectivity index (χ0v) is 22.8. The van der Waals surface area contributed by atoms with Crippen molar-refractivity contribution in [2.75, 3.05) is 32.5 Å². The lowest BCUT2D eigenvalue weighted by Gasteiger charge is -2.35. The number of alkyl halides is 3. The molecule has 40 heavy (non-hydrogen) atoms. The van der Waals surface area contributed by atoms with Crippen molar-refractivity contribution in [3.63, 3.8) is 0 Å². The number of aryl methyl sites for hydroxylation is 1. The minimum absolute atomic E-state index is 0.0393. The molecular weight excluding hydrogens is 521 g/mol. The van der Waals surface area contributed by atoms with Crippen LogP contribution in [0, 0.1) is 6.92 Å². The average Bonchev–Trinajstić information content (AvgIpc) is 2.89. The quantitative estimate of drug-likeness (QED) is 0.431. The van der Waals surface area contributed by atoms with E-state index >= 15 is 0 Å². The molecule has 0 radical (unpaired) electrons. The molecule has 1 aliphatic rings. The molecule has 0 bridgehead atoms. The number of carbonyl (C=O) groups is 2. The summed E-state index contributed by atoms with van der Waals surface area (Å²) in [6.07, 6.45) is 0.140. The lowest BCUT2D eigenvalue weighted by Crippen LogP contribution is -2.41. The number of benzene rings is 2. The number of nitrogens with zero attached hydrogens (tertiary/aromatic N) is 4. The lowest BCUT2D eigenvalue weighted by atomic mass is 10.0. The van der Waals surface area contributed by atoms with Crippen molar-refractivity contribution in [1.82, 2.24) is 19.8 Å². The molecule has 1 aliphatic heterocycles. The molecule has 3 N–H and O–H groups in total. The van der Waals surface area contributed by atoms with Crippen LogP contribution in [0.5, 0.6) is 0 Å². The first-order valence-corrected chi connectivity index (χ1v) is 13.0. The molecular formula is C29H33F3N6O2. The molecule has 2 heterocycles. The van der Waals surface area contributed by atoms with Crippen LogP contribution in [0.4, 0.5) is 18.9 Å². The number of piperidine rings is 1. The first-order chi connectivity index (χ1) is 18.9. The van der Waals surface area contributed by atoms with Crippen LogP contribution >= 0.6 is 0 Å². The van der Waals surface area contributed by atoms with Gasteiger partial charge in [-0.25, -0.2) is 0 Å². The van der Waals surface area contributed by atoms with E-state index in [1.165, 1.54) is 24.5 Å². The van der Waals surface area contributed by atoms with E-state index in [9.17, 15) is 22.8 Å². The van der Waals surface area contributed by atoms with Crippen molar-refractivity contribution < 1.29 is 22.8 Å². The van der Waals surface area contributed by atoms with E-state index in [1.807, 2.05) is 25.9 Å². The van der Waals surface area contributed by atoms with E-state index < -0.39 is 23.6 Å². The molecule has 8 nitrogen and oxygen atoms in total. The van der Waals surface area contributed by atoms with Crippen LogP contribution in [0.25, 0.3) is 11.3 Å². The molecule has 4 rings (SSSR count). The highest BCUT2D eigenvalue weighted by atomic mass is 19.4. The number of primary amides is 1. The third kappa shape index (κ3) is 7.22. The number of hydrogen-bond donors (Lipinski definition) is 2. The second-order valence-electron chi connectivity index (χ2n) is 10.4. The highest BCUT2D eigenvalue weighted by Crippen LogP contribution is 2.35. The van der Waals surface area contributed by atoms with E-state index in [0.29, 0.717) is 23.0 Å². The van der Waals surface area contributed by atoms with Gasteiger partial charge in [-0.2, -0.15) is 13.2 Å². The number of aromatic nitrogens is 2. The van der Waals surface area contributed by atoms with E-state index in [1.54, 1.807) is 18.2 Å². The van der Waals surface area contributed by atoms with Crippen molar-refractivity contribution in [1.29, 1.82) is 0 Å². The van der Waals surface area contributed by atoms with Gasteiger partial charge in [-0.1, -0.05) is 12.1 Å². The van der Waals surface area contributed by atoms with Gasteiger partial charge < -0.3 is 16.0 Å². The van der Waals surface area contributed by atoms with Crippen LogP contribution in [0.2, 0.25) is 0 Å². The first-order valence-electron chi connectivity index (χ1n) is 13.0. The van der Waals surface area contributed by atoms with E-state index in [0.717, 1.165) is 37.6 Å². The van der Waals surface area contributed by atoms with Crippen molar-refractivity contribution in [2.24, 2.45) is 5.73 Å². The fraction of sp³-hybridized carbons (Fsp3) is 0.379. The van der Waals surface area contributed by atoms with E-state index in [4.69, 9.17) is 5.73 Å². The van der Waals surface area contributed by atoms with Gasteiger partial charge in [-0.15, -0.1) is 0 Å². The van der Waals surface area contributed by atoms with E-state index in [-0.39, 0.29) is 29.8 Å². The predicted molar refractivity (Wildman–Crippen MR) is 146 cm³/mol. The molecule has 2 aromatic carbocycles. The lowest BCUT2D eigenvalue weighted by molar-refractivity contribution is -0.138. The number of likely N-dealkylation sites (tertiary alicyclic amines) is 1. The number of carbonyl (C=O) groups excluding carboxylic acids is 2. The first kappa shape index (κ1) is 29.2. The second kappa shape index (κ2) is 12.1. The zero-order chi connectivity index (χ0) is 29.0. The fourth-order valence-corrected chi connectivity index (χ4v) is 4.90. The Labute approximate surface area is 231 Å². The SMILES string of the molecule is Cc1ccc(C(=O)Nc2ccc(CN3CCC(N(C)C)CC3)c(C(F)(F)F)c2)cc1-c1cnc(CC(N)=O)cn1. The van der Waals surface area contributed by atoms with Gasteiger partial charge in [-0.3, -0.25) is 24.5 Å². The molecule has 0 atom stereocenters. The van der Waals surface area contributed by atoms with Crippen molar-refractivity contribution in [2.45, 2.75) is 44.9 Å². The summed E-state index contributed by atoms with van der Waals surface area (Å²) in [5, 5.41) is 2.60. The van der Waals surface area contributed by atoms with Gasteiger partial charge in [0.25, 0.3) is 5.91 Å². The summed E-state index contributed by atoms with van der Waals surface area (Å²) in [4.78, 5) is 36.9. The van der Waals surface area contributed by atoms with Gasteiger partial charge in [0.1, 0.15) is 0 Å². The Morgan fingerprint density at radius 2 is 1.80 bits per heavy atom. The Morgan fingerprint density at radius 3 is 2.40 bits per heavy atom. The molecule has 1 fully saturated rings. The molecule has 2 amide bonds. The summed E-state index contributed by atoms with van der Waals surface area (Å²) < 4.78 is 42.1. The highest BCUT2D eigenvalue weighted by Gasteiger charge is 2.34. The van der Waals surface area contributed by atoms with Crippen molar-refractivity contribution in [3.8, 4) is 11.3 Å². The normalized spacial score (nSPS) is 14.9. The van der Waals surface area contributed by atoms with Crippen LogP contribution < -0.4 is 11.1 Å². The molecule has 0 spiro atoms. The molecule has 11 heteroatoms. The Bertz CT molecular complexity index is 1370. The number of amides is 2. The third-order valence-corrected chi connectivity index (χ3v) is 7.19. The molecule has 1 aromatic heterocycles. The molecule has 0 unspecified atom stereocenters. The maximum absolute atomic E-state index is 14.0. The molecule has 3 aromatic rings. The van der Waals surface area contributed by atoms with Crippen molar-refractivity contribution in [3.05, 3.63) is 76.7 Å². The maximum atomic E-state index is 14.0. The Morgan fingerprint density at radius 1 is 1.07 bits per heavy atom. The van der Waals surface area contributed by atoms with Gasteiger partial charge in [-0.05, 0) is 82.3 Å². The Balaban J connectivity index is 1.51. The van der Waals surface area contributed by atoms with E-state index in [2.05, 4.69) is 20.2 Å². The number of anilines is 1. The number of hydrogen-bond acceptors (Lipinski definition) is 6. The highest BCUT2D eigenvalue weighted by molar-refractivity contribution is 6.05. The van der Waals surface area contributed by atoms with Crippen LogP contribution in [0.3, 0.4) is 0 Å². The largest absolute Gasteiger partial charge is 0.416 e. The maximum Gasteiger partial charge on any atom is 0.416 e. The third-order valence-electron chi connectivity index (χ3n) is 7.19. The smallest absolute Gasteiger partial charge is 0.369 e. The van der Waals surface area contributed by atoms with Gasteiger partial charge >= 0.3 is 6.18 Å². The number of rotatable bonds is 8. The molecule has 0 aliphatic carbocycles. The van der Waals surface area contributed by atoms with Crippen LogP contribution in [0.1, 0.15) is 45.6 Å². The summed E-state index contributed by atoms with van der Waals surface area (Å²) in [7, 11) is 4.04. The zero-order valence-electron chi connectivity index (χ0n) is 22.8. The monoisotopic (exact) mass is 554 g/mol. The number of halogens is 3. The number of nitrogens with two attached hydrogens (primary N) is 1. The summed E-state index contributed by atoms with van der Waals surface area (Å²) in [5.74, 6) is -1.07. The van der Waals surface area contributed by atoms with Crippen LogP contribution in [-0.2, 0) is 23.9 Å². The molecule has 212 valence electrons. The van der Waals surface area contributed by atoms with Crippen LogP contribution in [0.15, 0.2) is 48.8 Å². The topological polar surface area (TPSA) is 104 Å². The Kier molecular flexibility index (Phi) is 8.85. The van der Waals surface area contributed by atoms with Crippen LogP contribution in [-0.4, -0.2) is 64.8 Å². The molecule has 1 saturated heterocycles. The van der Waals surface area contributed by atoms with Gasteiger partial charge in [0.05, 0.1) is 29.6 Å². The predicted octanol–water partition coefficient (Wildman–Crippen LogP) is 4.28. The minimum Gasteiger partial charge on any atom is -0.369 e. The standard InChI is InChI=1S/C29H33F3N6O2/c1-18-4-5-19(12-24(18)26-16-34-22(15-35-26)14-27(33)39)28(40)36-21-7-6-20(25(13-21)29(30,31)32)17-38-10-8-23(9-11-38)37(2)3/h4-7,12-13,15-16,23H,8-11,14,17H2,1-3H3,(H2,33,39)(H,36,40). The van der Waals surface area contributed by atoms with Gasteiger partial charge in [0, 0.05) is 35.6 Å².